The molecule has 2 nitrogen and oxygen atoms in total. The second-order valence-electron chi connectivity index (χ2n) is 7.56. The Labute approximate surface area is 165 Å². The number of nitrogens with zero attached hydrogens (tertiary/aromatic N) is 1. The minimum absolute atomic E-state index is 0.607. The Morgan fingerprint density at radius 3 is 2.37 bits per heavy atom. The average molecular weight is 366 g/mol. The minimum Gasteiger partial charge on any atom is -0.489 e. The molecule has 2 aromatic rings. The lowest BCUT2D eigenvalue weighted by atomic mass is 9.99. The molecule has 0 bridgehead atoms. The van der Waals surface area contributed by atoms with Gasteiger partial charge < -0.3 is 4.74 Å². The van der Waals surface area contributed by atoms with Crippen molar-refractivity contribution in [2.24, 2.45) is 10.9 Å². The summed E-state index contributed by atoms with van der Waals surface area (Å²) in [6.07, 6.45) is 7.06. The summed E-state index contributed by atoms with van der Waals surface area (Å²) in [4.78, 5) is 4.65. The quantitative estimate of drug-likeness (QED) is 0.423. The molecule has 0 aliphatic heterocycles. The molecule has 0 saturated heterocycles. The highest BCUT2D eigenvalue weighted by Gasteiger charge is 2.05. The van der Waals surface area contributed by atoms with Crippen LogP contribution in [0.5, 0.6) is 5.75 Å². The molecule has 2 heteroatoms. The molecule has 0 aliphatic carbocycles. The van der Waals surface area contributed by atoms with Gasteiger partial charge in [-0.1, -0.05) is 45.2 Å². The van der Waals surface area contributed by atoms with Crippen molar-refractivity contribution in [1.82, 2.24) is 0 Å². The lowest BCUT2D eigenvalue weighted by Gasteiger charge is -2.12. The van der Waals surface area contributed by atoms with E-state index < -0.39 is 0 Å². The first-order valence-corrected chi connectivity index (χ1v) is 10.3. The number of aryl methyl sites for hydroxylation is 1. The van der Waals surface area contributed by atoms with Gasteiger partial charge >= 0.3 is 0 Å². The molecule has 0 amide bonds. The van der Waals surface area contributed by atoms with E-state index in [1.807, 2.05) is 18.3 Å². The maximum absolute atomic E-state index is 5.98. The summed E-state index contributed by atoms with van der Waals surface area (Å²) in [5.74, 6) is 1.61. The zero-order chi connectivity index (χ0) is 19.6. The van der Waals surface area contributed by atoms with Crippen LogP contribution in [-0.4, -0.2) is 12.8 Å². The molecule has 1 atom stereocenters. The summed E-state index contributed by atoms with van der Waals surface area (Å²) in [7, 11) is 0. The maximum atomic E-state index is 5.98. The van der Waals surface area contributed by atoms with Gasteiger partial charge in [-0.05, 0) is 85.2 Å². The molecule has 0 aliphatic rings. The van der Waals surface area contributed by atoms with E-state index in [-0.39, 0.29) is 0 Å². The highest BCUT2D eigenvalue weighted by Crippen LogP contribution is 2.20. The minimum atomic E-state index is 0.607. The van der Waals surface area contributed by atoms with Gasteiger partial charge in [-0.2, -0.15) is 0 Å². The molecule has 0 fully saturated rings. The van der Waals surface area contributed by atoms with Crippen molar-refractivity contribution >= 4 is 6.21 Å². The van der Waals surface area contributed by atoms with E-state index >= 15 is 0 Å². The molecule has 0 saturated carbocycles. The number of hydrogen-bond donors (Lipinski definition) is 0. The predicted octanol–water partition coefficient (Wildman–Crippen LogP) is 6.83. The maximum Gasteiger partial charge on any atom is 0.119 e. The third-order valence-corrected chi connectivity index (χ3v) is 5.59. The van der Waals surface area contributed by atoms with Gasteiger partial charge in [0.15, 0.2) is 0 Å². The summed E-state index contributed by atoms with van der Waals surface area (Å²) in [6.45, 7) is 12.6. The van der Waals surface area contributed by atoms with Crippen molar-refractivity contribution in [1.29, 1.82) is 0 Å². The van der Waals surface area contributed by atoms with Crippen molar-refractivity contribution in [3.63, 3.8) is 0 Å². The van der Waals surface area contributed by atoms with Crippen LogP contribution in [0.4, 0.5) is 0 Å². The number of unbranched alkanes of at least 4 members (excludes halogenated alkanes) is 1. The molecule has 2 rings (SSSR count). The number of hydrogen-bond acceptors (Lipinski definition) is 2. The van der Waals surface area contributed by atoms with Crippen molar-refractivity contribution in [3.05, 3.63) is 64.2 Å². The van der Waals surface area contributed by atoms with Gasteiger partial charge in [-0.15, -0.1) is 0 Å². The second kappa shape index (κ2) is 10.9. The summed E-state index contributed by atoms with van der Waals surface area (Å²) in [5, 5.41) is 0. The Morgan fingerprint density at radius 2 is 1.70 bits per heavy atom. The Bertz CT molecular complexity index is 731. The monoisotopic (exact) mass is 365 g/mol. The molecule has 1 unspecified atom stereocenters. The van der Waals surface area contributed by atoms with Crippen molar-refractivity contribution in [2.75, 3.05) is 6.54 Å². The van der Waals surface area contributed by atoms with Crippen LogP contribution in [0.1, 0.15) is 67.3 Å². The summed E-state index contributed by atoms with van der Waals surface area (Å²) in [6, 6.07) is 12.6. The fourth-order valence-electron chi connectivity index (χ4n) is 3.20. The number of benzene rings is 2. The zero-order valence-electron chi connectivity index (χ0n) is 17.7. The molecular formula is C25H35NO. The van der Waals surface area contributed by atoms with Gasteiger partial charge in [0, 0.05) is 12.8 Å². The first kappa shape index (κ1) is 21.2. The van der Waals surface area contributed by atoms with Gasteiger partial charge in [-0.25, -0.2) is 0 Å². The first-order valence-electron chi connectivity index (χ1n) is 10.3. The van der Waals surface area contributed by atoms with Crippen LogP contribution < -0.4 is 4.74 Å². The Balaban J connectivity index is 1.88. The lowest BCUT2D eigenvalue weighted by molar-refractivity contribution is 0.305. The van der Waals surface area contributed by atoms with E-state index in [1.54, 1.807) is 0 Å². The van der Waals surface area contributed by atoms with E-state index in [9.17, 15) is 0 Å². The lowest BCUT2D eigenvalue weighted by Crippen LogP contribution is -2.03. The molecule has 0 spiro atoms. The van der Waals surface area contributed by atoms with Crippen LogP contribution in [0, 0.1) is 26.7 Å². The molecule has 146 valence electrons. The van der Waals surface area contributed by atoms with E-state index in [2.05, 4.69) is 63.9 Å². The standard InChI is InChI=1S/C25H35NO/c1-6-8-9-22(7-2)16-26-17-23-11-14-25(15-12-23)27-18-24-13-10-19(3)20(4)21(24)5/h10-15,17,22H,6-9,16,18H2,1-5H3/b26-17+. The van der Waals surface area contributed by atoms with Crippen molar-refractivity contribution < 1.29 is 4.74 Å². The third-order valence-electron chi connectivity index (χ3n) is 5.59. The van der Waals surface area contributed by atoms with Crippen LogP contribution in [0.3, 0.4) is 0 Å². The molecule has 0 heterocycles. The Morgan fingerprint density at radius 1 is 0.963 bits per heavy atom. The first-order chi connectivity index (χ1) is 13.0. The van der Waals surface area contributed by atoms with Crippen LogP contribution in [0.2, 0.25) is 0 Å². The zero-order valence-corrected chi connectivity index (χ0v) is 17.7. The summed E-state index contributed by atoms with van der Waals surface area (Å²) >= 11 is 0. The second-order valence-corrected chi connectivity index (χ2v) is 7.56. The molecule has 0 aromatic heterocycles. The largest absolute Gasteiger partial charge is 0.489 e. The van der Waals surface area contributed by atoms with Crippen LogP contribution >= 0.6 is 0 Å². The Kier molecular flexibility index (Phi) is 8.57. The molecular weight excluding hydrogens is 330 g/mol. The highest BCUT2D eigenvalue weighted by molar-refractivity contribution is 5.79. The van der Waals surface area contributed by atoms with Crippen LogP contribution in [-0.2, 0) is 6.61 Å². The Hall–Kier alpha value is -2.09. The van der Waals surface area contributed by atoms with Gasteiger partial charge in [0.05, 0.1) is 0 Å². The number of aliphatic imine (C=N–C) groups is 1. The third kappa shape index (κ3) is 6.53. The van der Waals surface area contributed by atoms with Gasteiger partial charge in [0.25, 0.3) is 0 Å². The number of rotatable bonds is 10. The smallest absolute Gasteiger partial charge is 0.119 e. The normalized spacial score (nSPS) is 12.5. The highest BCUT2D eigenvalue weighted by atomic mass is 16.5. The number of ether oxygens (including phenoxy) is 1. The van der Waals surface area contributed by atoms with Crippen LogP contribution in [0.25, 0.3) is 0 Å². The van der Waals surface area contributed by atoms with Gasteiger partial charge in [0.2, 0.25) is 0 Å². The molecule has 0 N–H and O–H groups in total. The molecule has 0 radical (unpaired) electrons. The summed E-state index contributed by atoms with van der Waals surface area (Å²) in [5.41, 5.74) is 6.40. The van der Waals surface area contributed by atoms with Gasteiger partial charge in [-0.3, -0.25) is 4.99 Å². The summed E-state index contributed by atoms with van der Waals surface area (Å²) < 4.78 is 5.98. The van der Waals surface area contributed by atoms with E-state index in [1.165, 1.54) is 47.9 Å². The fraction of sp³-hybridized carbons (Fsp3) is 0.480. The molecule has 2 aromatic carbocycles. The van der Waals surface area contributed by atoms with Crippen LogP contribution in [0.15, 0.2) is 41.4 Å². The van der Waals surface area contributed by atoms with Gasteiger partial charge in [0.1, 0.15) is 12.4 Å². The average Bonchev–Trinajstić information content (AvgIpc) is 2.69. The van der Waals surface area contributed by atoms with Crippen molar-refractivity contribution in [3.8, 4) is 5.75 Å². The van der Waals surface area contributed by atoms with Crippen molar-refractivity contribution in [2.45, 2.75) is 66.9 Å². The van der Waals surface area contributed by atoms with E-state index in [0.29, 0.717) is 12.5 Å². The van der Waals surface area contributed by atoms with E-state index in [0.717, 1.165) is 17.9 Å². The molecule has 27 heavy (non-hydrogen) atoms. The predicted molar refractivity (Wildman–Crippen MR) is 117 cm³/mol. The van der Waals surface area contributed by atoms with E-state index in [4.69, 9.17) is 4.74 Å². The SMILES string of the molecule is CCCCC(CC)C/N=C/c1ccc(OCc2ccc(C)c(C)c2C)cc1. The fourth-order valence-corrected chi connectivity index (χ4v) is 3.20. The topological polar surface area (TPSA) is 21.6 Å².